The number of benzene rings is 1. The number of carbonyl (C=O) groups excluding carboxylic acids is 1. The zero-order chi connectivity index (χ0) is 19.9. The predicted octanol–water partition coefficient (Wildman–Crippen LogP) is 2.17. The van der Waals surface area contributed by atoms with Crippen LogP contribution in [0.5, 0.6) is 0 Å². The summed E-state index contributed by atoms with van der Waals surface area (Å²) in [6, 6.07) is 17.8. The van der Waals surface area contributed by atoms with Gasteiger partial charge in [-0.25, -0.2) is 15.0 Å². The minimum Gasteiger partial charge on any atom is -0.353 e. The van der Waals surface area contributed by atoms with Crippen LogP contribution in [0.15, 0.2) is 67.1 Å². The number of aromatic nitrogens is 3. The molecule has 0 spiro atoms. The molecule has 0 unspecified atom stereocenters. The lowest BCUT2D eigenvalue weighted by molar-refractivity contribution is 0.0949. The van der Waals surface area contributed by atoms with Crippen LogP contribution in [0.2, 0.25) is 0 Å². The van der Waals surface area contributed by atoms with E-state index in [0.29, 0.717) is 12.2 Å². The number of hydrogen-bond acceptors (Lipinski definition) is 6. The average molecular weight is 388 g/mol. The molecule has 1 aliphatic heterocycles. The largest absolute Gasteiger partial charge is 0.353 e. The highest BCUT2D eigenvalue weighted by atomic mass is 16.1. The Morgan fingerprint density at radius 1 is 0.862 bits per heavy atom. The van der Waals surface area contributed by atoms with Gasteiger partial charge in [-0.05, 0) is 24.1 Å². The standard InChI is InChI=1S/C22H24N6O/c29-22(24-11-9-18-6-2-1-3-7-18)19-16-21(26-17-25-19)28-14-12-27(13-15-28)20-8-4-5-10-23-20/h1-8,10,16-17H,9,11-15H2,(H,24,29). The van der Waals surface area contributed by atoms with Crippen LogP contribution >= 0.6 is 0 Å². The summed E-state index contributed by atoms with van der Waals surface area (Å²) in [5.41, 5.74) is 1.59. The number of anilines is 2. The topological polar surface area (TPSA) is 74.2 Å². The van der Waals surface area contributed by atoms with Gasteiger partial charge in [0, 0.05) is 45.0 Å². The van der Waals surface area contributed by atoms with E-state index < -0.39 is 0 Å². The maximum absolute atomic E-state index is 12.5. The maximum Gasteiger partial charge on any atom is 0.270 e. The average Bonchev–Trinajstić information content (AvgIpc) is 2.80. The van der Waals surface area contributed by atoms with E-state index in [0.717, 1.165) is 44.2 Å². The van der Waals surface area contributed by atoms with E-state index in [1.54, 1.807) is 6.07 Å². The molecular formula is C22H24N6O. The first kappa shape index (κ1) is 18.9. The van der Waals surface area contributed by atoms with E-state index in [2.05, 4.69) is 42.2 Å². The molecule has 3 aromatic rings. The highest BCUT2D eigenvalue weighted by Gasteiger charge is 2.20. The van der Waals surface area contributed by atoms with E-state index >= 15 is 0 Å². The van der Waals surface area contributed by atoms with Crippen LogP contribution in [0.25, 0.3) is 0 Å². The van der Waals surface area contributed by atoms with Gasteiger partial charge in [0.05, 0.1) is 0 Å². The number of nitrogens with one attached hydrogen (secondary N) is 1. The molecule has 0 aliphatic carbocycles. The molecule has 4 rings (SSSR count). The van der Waals surface area contributed by atoms with Crippen LogP contribution in [-0.4, -0.2) is 53.6 Å². The second kappa shape index (κ2) is 9.14. The van der Waals surface area contributed by atoms with Crippen molar-refractivity contribution in [1.82, 2.24) is 20.3 Å². The lowest BCUT2D eigenvalue weighted by Gasteiger charge is -2.36. The van der Waals surface area contributed by atoms with Crippen LogP contribution in [-0.2, 0) is 6.42 Å². The van der Waals surface area contributed by atoms with E-state index in [1.165, 1.54) is 11.9 Å². The summed E-state index contributed by atoms with van der Waals surface area (Å²) in [6.45, 7) is 3.94. The number of hydrogen-bond donors (Lipinski definition) is 1. The van der Waals surface area contributed by atoms with Crippen LogP contribution in [0.3, 0.4) is 0 Å². The van der Waals surface area contributed by atoms with Crippen molar-refractivity contribution in [2.24, 2.45) is 0 Å². The molecule has 7 heteroatoms. The Kier molecular flexibility index (Phi) is 5.95. The fourth-order valence-corrected chi connectivity index (χ4v) is 3.41. The summed E-state index contributed by atoms with van der Waals surface area (Å²) in [4.78, 5) is 29.9. The first-order chi connectivity index (χ1) is 14.3. The van der Waals surface area contributed by atoms with Crippen molar-refractivity contribution >= 4 is 17.5 Å². The number of pyridine rings is 1. The molecule has 0 atom stereocenters. The monoisotopic (exact) mass is 388 g/mol. The first-order valence-electron chi connectivity index (χ1n) is 9.85. The molecule has 3 heterocycles. The Hall–Kier alpha value is -3.48. The van der Waals surface area contributed by atoms with Gasteiger partial charge in [0.2, 0.25) is 0 Å². The highest BCUT2D eigenvalue weighted by Crippen LogP contribution is 2.17. The Morgan fingerprint density at radius 3 is 2.31 bits per heavy atom. The normalized spacial score (nSPS) is 13.9. The molecule has 1 saturated heterocycles. The van der Waals surface area contributed by atoms with Crippen molar-refractivity contribution in [3.8, 4) is 0 Å². The number of piperazine rings is 1. The van der Waals surface area contributed by atoms with Crippen molar-refractivity contribution in [2.45, 2.75) is 6.42 Å². The Morgan fingerprint density at radius 2 is 1.59 bits per heavy atom. The summed E-state index contributed by atoms with van der Waals surface area (Å²) in [5.74, 6) is 1.61. The summed E-state index contributed by atoms with van der Waals surface area (Å²) in [5, 5.41) is 2.94. The molecule has 1 fully saturated rings. The van der Waals surface area contributed by atoms with Crippen LogP contribution < -0.4 is 15.1 Å². The number of rotatable bonds is 6. The fraction of sp³-hybridized carbons (Fsp3) is 0.273. The van der Waals surface area contributed by atoms with Gasteiger partial charge in [0.25, 0.3) is 5.91 Å². The molecule has 0 bridgehead atoms. The van der Waals surface area contributed by atoms with E-state index in [-0.39, 0.29) is 5.91 Å². The van der Waals surface area contributed by atoms with Crippen molar-refractivity contribution < 1.29 is 4.79 Å². The zero-order valence-corrected chi connectivity index (χ0v) is 16.2. The molecule has 1 aliphatic rings. The Labute approximate surface area is 170 Å². The molecule has 0 saturated carbocycles. The summed E-state index contributed by atoms with van der Waals surface area (Å²) in [6.07, 6.45) is 4.07. The Balaban J connectivity index is 1.32. The summed E-state index contributed by atoms with van der Waals surface area (Å²) in [7, 11) is 0. The Bertz CT molecular complexity index is 926. The van der Waals surface area contributed by atoms with Gasteiger partial charge in [-0.1, -0.05) is 36.4 Å². The molecule has 7 nitrogen and oxygen atoms in total. The molecule has 0 radical (unpaired) electrons. The second-order valence-corrected chi connectivity index (χ2v) is 6.91. The number of amides is 1. The highest BCUT2D eigenvalue weighted by molar-refractivity contribution is 5.92. The van der Waals surface area contributed by atoms with Gasteiger partial charge in [0.15, 0.2) is 0 Å². The van der Waals surface area contributed by atoms with Gasteiger partial charge in [0.1, 0.15) is 23.7 Å². The molecule has 148 valence electrons. The minimum atomic E-state index is -0.170. The third-order valence-corrected chi connectivity index (χ3v) is 5.00. The third-order valence-electron chi connectivity index (χ3n) is 5.00. The number of carbonyl (C=O) groups is 1. The molecule has 2 aromatic heterocycles. The SMILES string of the molecule is O=C(NCCc1ccccc1)c1cc(N2CCN(c3ccccn3)CC2)ncn1. The lowest BCUT2D eigenvalue weighted by Crippen LogP contribution is -2.47. The van der Waals surface area contributed by atoms with Gasteiger partial charge < -0.3 is 15.1 Å². The molecule has 1 amide bonds. The second-order valence-electron chi connectivity index (χ2n) is 6.91. The first-order valence-corrected chi connectivity index (χ1v) is 9.85. The van der Waals surface area contributed by atoms with Crippen LogP contribution in [0, 0.1) is 0 Å². The minimum absolute atomic E-state index is 0.170. The number of nitrogens with zero attached hydrogens (tertiary/aromatic N) is 5. The van der Waals surface area contributed by atoms with Crippen molar-refractivity contribution in [3.63, 3.8) is 0 Å². The summed E-state index contributed by atoms with van der Waals surface area (Å²) < 4.78 is 0. The molecular weight excluding hydrogens is 364 g/mol. The predicted molar refractivity (Wildman–Crippen MR) is 113 cm³/mol. The quantitative estimate of drug-likeness (QED) is 0.698. The summed E-state index contributed by atoms with van der Waals surface area (Å²) >= 11 is 0. The smallest absolute Gasteiger partial charge is 0.270 e. The lowest BCUT2D eigenvalue weighted by atomic mass is 10.1. The zero-order valence-electron chi connectivity index (χ0n) is 16.2. The van der Waals surface area contributed by atoms with Crippen LogP contribution in [0.4, 0.5) is 11.6 Å². The van der Waals surface area contributed by atoms with Crippen molar-refractivity contribution in [2.75, 3.05) is 42.5 Å². The maximum atomic E-state index is 12.5. The fourth-order valence-electron chi connectivity index (χ4n) is 3.41. The van der Waals surface area contributed by atoms with E-state index in [4.69, 9.17) is 0 Å². The third kappa shape index (κ3) is 4.87. The van der Waals surface area contributed by atoms with Gasteiger partial charge in [-0.15, -0.1) is 0 Å². The molecule has 1 N–H and O–H groups in total. The van der Waals surface area contributed by atoms with E-state index in [1.807, 2.05) is 42.6 Å². The van der Waals surface area contributed by atoms with Gasteiger partial charge in [-0.2, -0.15) is 0 Å². The van der Waals surface area contributed by atoms with Crippen molar-refractivity contribution in [1.29, 1.82) is 0 Å². The van der Waals surface area contributed by atoms with Crippen molar-refractivity contribution in [3.05, 3.63) is 78.4 Å². The van der Waals surface area contributed by atoms with Crippen LogP contribution in [0.1, 0.15) is 16.1 Å². The molecule has 29 heavy (non-hydrogen) atoms. The van der Waals surface area contributed by atoms with Gasteiger partial charge >= 0.3 is 0 Å². The van der Waals surface area contributed by atoms with E-state index in [9.17, 15) is 4.79 Å². The van der Waals surface area contributed by atoms with Gasteiger partial charge in [-0.3, -0.25) is 4.79 Å². The molecule has 1 aromatic carbocycles.